The summed E-state index contributed by atoms with van der Waals surface area (Å²) < 4.78 is 7.01. The molecule has 0 fully saturated rings. The summed E-state index contributed by atoms with van der Waals surface area (Å²) in [5.74, 6) is -0.935. The zero-order valence-electron chi connectivity index (χ0n) is 15.5. The van der Waals surface area contributed by atoms with Crippen LogP contribution in [-0.2, 0) is 11.3 Å². The first kappa shape index (κ1) is 18.8. The number of aromatic nitrogens is 2. The standard InChI is InChI=1S/C20H21N3O3S/c1-4-26-20(25)19-22-16(11-27-19)17-9-15(18(21)24)13(3)23(17)10-14-7-5-6-12(2)8-14/h5-9,11H,4,10H2,1-3H3,(H2,21,24). The van der Waals surface area contributed by atoms with Crippen molar-refractivity contribution >= 4 is 23.2 Å². The highest BCUT2D eigenvalue weighted by atomic mass is 32.1. The van der Waals surface area contributed by atoms with Gasteiger partial charge in [0, 0.05) is 17.6 Å². The molecular weight excluding hydrogens is 362 g/mol. The number of carbonyl (C=O) groups is 2. The first-order valence-electron chi connectivity index (χ1n) is 8.59. The van der Waals surface area contributed by atoms with Crippen LogP contribution < -0.4 is 5.73 Å². The van der Waals surface area contributed by atoms with Gasteiger partial charge in [0.15, 0.2) is 0 Å². The first-order valence-corrected chi connectivity index (χ1v) is 9.47. The molecule has 0 saturated carbocycles. The monoisotopic (exact) mass is 383 g/mol. The topological polar surface area (TPSA) is 87.2 Å². The molecule has 0 unspecified atom stereocenters. The summed E-state index contributed by atoms with van der Waals surface area (Å²) >= 11 is 1.22. The molecule has 0 atom stereocenters. The van der Waals surface area contributed by atoms with Gasteiger partial charge in [-0.1, -0.05) is 29.8 Å². The minimum Gasteiger partial charge on any atom is -0.461 e. The second kappa shape index (κ2) is 7.75. The maximum absolute atomic E-state index is 11.9. The number of benzene rings is 1. The Morgan fingerprint density at radius 3 is 2.70 bits per heavy atom. The second-order valence-electron chi connectivity index (χ2n) is 6.23. The number of aryl methyl sites for hydroxylation is 1. The van der Waals surface area contributed by atoms with Crippen molar-refractivity contribution in [2.45, 2.75) is 27.3 Å². The van der Waals surface area contributed by atoms with E-state index in [9.17, 15) is 9.59 Å². The number of amides is 1. The number of nitrogens with two attached hydrogens (primary N) is 1. The van der Waals surface area contributed by atoms with E-state index in [4.69, 9.17) is 10.5 Å². The highest BCUT2D eigenvalue weighted by Gasteiger charge is 2.20. The quantitative estimate of drug-likeness (QED) is 0.660. The van der Waals surface area contributed by atoms with E-state index in [1.54, 1.807) is 18.4 Å². The number of ether oxygens (including phenoxy) is 1. The van der Waals surface area contributed by atoms with Gasteiger partial charge in [-0.3, -0.25) is 4.79 Å². The Bertz CT molecular complexity index is 1000. The van der Waals surface area contributed by atoms with Crippen LogP contribution in [-0.4, -0.2) is 28.0 Å². The molecule has 140 valence electrons. The van der Waals surface area contributed by atoms with Gasteiger partial charge in [0.1, 0.15) is 0 Å². The Morgan fingerprint density at radius 2 is 2.04 bits per heavy atom. The fraction of sp³-hybridized carbons (Fsp3) is 0.250. The number of rotatable bonds is 6. The van der Waals surface area contributed by atoms with E-state index in [1.165, 1.54) is 11.3 Å². The zero-order valence-corrected chi connectivity index (χ0v) is 16.3. The molecule has 3 rings (SSSR count). The van der Waals surface area contributed by atoms with Crippen LogP contribution in [0.15, 0.2) is 35.7 Å². The molecule has 2 N–H and O–H groups in total. The normalized spacial score (nSPS) is 10.8. The van der Waals surface area contributed by atoms with E-state index < -0.39 is 11.9 Å². The predicted molar refractivity (Wildman–Crippen MR) is 105 cm³/mol. The van der Waals surface area contributed by atoms with Crippen molar-refractivity contribution in [2.75, 3.05) is 6.61 Å². The molecule has 2 aromatic heterocycles. The Balaban J connectivity index is 2.05. The van der Waals surface area contributed by atoms with Crippen molar-refractivity contribution in [1.82, 2.24) is 9.55 Å². The molecule has 0 bridgehead atoms. The van der Waals surface area contributed by atoms with E-state index in [0.717, 1.165) is 22.5 Å². The van der Waals surface area contributed by atoms with Gasteiger partial charge in [0.25, 0.3) is 5.91 Å². The fourth-order valence-corrected chi connectivity index (χ4v) is 3.68. The van der Waals surface area contributed by atoms with E-state index in [2.05, 4.69) is 11.1 Å². The third-order valence-electron chi connectivity index (χ3n) is 4.27. The molecule has 0 spiro atoms. The summed E-state index contributed by atoms with van der Waals surface area (Å²) in [7, 11) is 0. The van der Waals surface area contributed by atoms with Gasteiger partial charge < -0.3 is 15.0 Å². The van der Waals surface area contributed by atoms with Crippen LogP contribution in [0.25, 0.3) is 11.4 Å². The van der Waals surface area contributed by atoms with Crippen molar-refractivity contribution in [1.29, 1.82) is 0 Å². The van der Waals surface area contributed by atoms with Gasteiger partial charge >= 0.3 is 5.97 Å². The molecular formula is C20H21N3O3S. The molecule has 0 saturated heterocycles. The van der Waals surface area contributed by atoms with Crippen LogP contribution >= 0.6 is 11.3 Å². The molecule has 27 heavy (non-hydrogen) atoms. The van der Waals surface area contributed by atoms with Gasteiger partial charge in [-0.25, -0.2) is 9.78 Å². The third-order valence-corrected chi connectivity index (χ3v) is 5.09. The zero-order chi connectivity index (χ0) is 19.6. The third kappa shape index (κ3) is 3.93. The molecule has 1 amide bonds. The fourth-order valence-electron chi connectivity index (χ4n) is 2.98. The Hall–Kier alpha value is -2.93. The Kier molecular flexibility index (Phi) is 5.41. The molecule has 6 nitrogen and oxygen atoms in total. The molecule has 7 heteroatoms. The van der Waals surface area contributed by atoms with Crippen molar-refractivity contribution in [2.24, 2.45) is 5.73 Å². The van der Waals surface area contributed by atoms with Crippen LogP contribution in [0.2, 0.25) is 0 Å². The van der Waals surface area contributed by atoms with Gasteiger partial charge in [0.05, 0.1) is 23.6 Å². The molecule has 0 aliphatic heterocycles. The van der Waals surface area contributed by atoms with Crippen molar-refractivity contribution in [3.05, 3.63) is 63.1 Å². The lowest BCUT2D eigenvalue weighted by atomic mass is 10.1. The van der Waals surface area contributed by atoms with Gasteiger partial charge in [-0.05, 0) is 32.4 Å². The lowest BCUT2D eigenvalue weighted by Crippen LogP contribution is -2.12. The van der Waals surface area contributed by atoms with Crippen LogP contribution in [0.3, 0.4) is 0 Å². The summed E-state index contributed by atoms with van der Waals surface area (Å²) in [4.78, 5) is 28.2. The number of primary amides is 1. The number of nitrogens with zero attached hydrogens (tertiary/aromatic N) is 2. The van der Waals surface area contributed by atoms with Gasteiger partial charge in [0.2, 0.25) is 5.01 Å². The van der Waals surface area contributed by atoms with Crippen molar-refractivity contribution in [3.8, 4) is 11.4 Å². The Morgan fingerprint density at radius 1 is 1.26 bits per heavy atom. The van der Waals surface area contributed by atoms with E-state index in [0.29, 0.717) is 24.4 Å². The molecule has 0 aliphatic carbocycles. The van der Waals surface area contributed by atoms with Crippen LogP contribution in [0.4, 0.5) is 0 Å². The molecule has 0 aliphatic rings. The number of hydrogen-bond acceptors (Lipinski definition) is 5. The van der Waals surface area contributed by atoms with Gasteiger partial charge in [-0.15, -0.1) is 11.3 Å². The maximum atomic E-state index is 11.9. The van der Waals surface area contributed by atoms with Crippen LogP contribution in [0.5, 0.6) is 0 Å². The average molecular weight is 383 g/mol. The van der Waals surface area contributed by atoms with Gasteiger partial charge in [-0.2, -0.15) is 0 Å². The smallest absolute Gasteiger partial charge is 0.367 e. The van der Waals surface area contributed by atoms with E-state index >= 15 is 0 Å². The summed E-state index contributed by atoms with van der Waals surface area (Å²) in [5.41, 5.74) is 10.4. The average Bonchev–Trinajstić information content (AvgIpc) is 3.21. The van der Waals surface area contributed by atoms with E-state index in [1.807, 2.05) is 36.6 Å². The molecule has 0 radical (unpaired) electrons. The molecule has 3 aromatic rings. The first-order chi connectivity index (χ1) is 12.9. The largest absolute Gasteiger partial charge is 0.461 e. The predicted octanol–water partition coefficient (Wildman–Crippen LogP) is 3.55. The van der Waals surface area contributed by atoms with Crippen LogP contribution in [0, 0.1) is 13.8 Å². The minimum atomic E-state index is -0.488. The summed E-state index contributed by atoms with van der Waals surface area (Å²) in [6, 6.07) is 9.90. The summed E-state index contributed by atoms with van der Waals surface area (Å²) in [5, 5.41) is 2.08. The van der Waals surface area contributed by atoms with Crippen LogP contribution in [0.1, 0.15) is 43.9 Å². The molecule has 1 aromatic carbocycles. The molecule has 2 heterocycles. The number of thiazole rings is 1. The number of esters is 1. The lowest BCUT2D eigenvalue weighted by molar-refractivity contribution is 0.0526. The highest BCUT2D eigenvalue weighted by Crippen LogP contribution is 2.28. The van der Waals surface area contributed by atoms with Crippen molar-refractivity contribution in [3.63, 3.8) is 0 Å². The lowest BCUT2D eigenvalue weighted by Gasteiger charge is -2.11. The summed E-state index contributed by atoms with van der Waals surface area (Å²) in [6.45, 7) is 6.51. The summed E-state index contributed by atoms with van der Waals surface area (Å²) in [6.07, 6.45) is 0. The number of hydrogen-bond donors (Lipinski definition) is 1. The SMILES string of the molecule is CCOC(=O)c1nc(-c2cc(C(N)=O)c(C)n2Cc2cccc(C)c2)cs1. The second-order valence-corrected chi connectivity index (χ2v) is 7.08. The van der Waals surface area contributed by atoms with Crippen molar-refractivity contribution < 1.29 is 14.3 Å². The maximum Gasteiger partial charge on any atom is 0.367 e. The minimum absolute atomic E-state index is 0.286. The Labute approximate surface area is 161 Å². The van der Waals surface area contributed by atoms with E-state index in [-0.39, 0.29) is 5.01 Å². The number of carbonyl (C=O) groups excluding carboxylic acids is 2. The highest BCUT2D eigenvalue weighted by molar-refractivity contribution is 7.11.